The highest BCUT2D eigenvalue weighted by molar-refractivity contribution is 7.16. The van der Waals surface area contributed by atoms with Gasteiger partial charge in [-0.25, -0.2) is 4.79 Å². The molecular formula is C22H26N2O4S. The SMILES string of the molecule is CCOC(=O)c1cc(C)sc1NC(=O)c1c(C)c2cc(OCC)ccc2n1CC. The van der Waals surface area contributed by atoms with E-state index in [1.54, 1.807) is 13.0 Å². The van der Waals surface area contributed by atoms with Crippen LogP contribution in [0.5, 0.6) is 5.75 Å². The van der Waals surface area contributed by atoms with E-state index in [2.05, 4.69) is 5.32 Å². The monoisotopic (exact) mass is 414 g/mol. The number of esters is 1. The van der Waals surface area contributed by atoms with Gasteiger partial charge in [-0.1, -0.05) is 0 Å². The third-order valence-corrected chi connectivity index (χ3v) is 5.67. The molecule has 2 aromatic heterocycles. The summed E-state index contributed by atoms with van der Waals surface area (Å²) in [5.74, 6) is 0.106. The predicted octanol–water partition coefficient (Wildman–Crippen LogP) is 5.17. The highest BCUT2D eigenvalue weighted by Gasteiger charge is 2.23. The third-order valence-electron chi connectivity index (χ3n) is 4.71. The minimum absolute atomic E-state index is 0.245. The molecule has 7 heteroatoms. The second kappa shape index (κ2) is 8.69. The van der Waals surface area contributed by atoms with Gasteiger partial charge in [0.1, 0.15) is 16.4 Å². The van der Waals surface area contributed by atoms with Crippen molar-refractivity contribution in [1.82, 2.24) is 4.57 Å². The molecular weight excluding hydrogens is 388 g/mol. The van der Waals surface area contributed by atoms with Crippen LogP contribution in [0.15, 0.2) is 24.3 Å². The van der Waals surface area contributed by atoms with E-state index < -0.39 is 5.97 Å². The Bertz CT molecular complexity index is 1060. The summed E-state index contributed by atoms with van der Waals surface area (Å²) in [6.45, 7) is 11.1. The van der Waals surface area contributed by atoms with E-state index in [9.17, 15) is 9.59 Å². The molecule has 154 valence electrons. The summed E-state index contributed by atoms with van der Waals surface area (Å²) < 4.78 is 12.7. The molecule has 3 rings (SSSR count). The van der Waals surface area contributed by atoms with Crippen LogP contribution in [0.1, 0.15) is 52.1 Å². The van der Waals surface area contributed by atoms with Gasteiger partial charge >= 0.3 is 5.97 Å². The Hall–Kier alpha value is -2.80. The predicted molar refractivity (Wildman–Crippen MR) is 116 cm³/mol. The van der Waals surface area contributed by atoms with Gasteiger partial charge in [-0.2, -0.15) is 0 Å². The molecule has 6 nitrogen and oxygen atoms in total. The van der Waals surface area contributed by atoms with Crippen molar-refractivity contribution < 1.29 is 19.1 Å². The van der Waals surface area contributed by atoms with Crippen molar-refractivity contribution in [2.24, 2.45) is 0 Å². The summed E-state index contributed by atoms with van der Waals surface area (Å²) in [7, 11) is 0. The molecule has 0 atom stereocenters. The number of aryl methyl sites for hydroxylation is 3. The minimum atomic E-state index is -0.429. The Morgan fingerprint density at radius 1 is 1.10 bits per heavy atom. The summed E-state index contributed by atoms with van der Waals surface area (Å²) in [5, 5.41) is 4.42. The summed E-state index contributed by atoms with van der Waals surface area (Å²) in [5.41, 5.74) is 2.83. The number of rotatable bonds is 7. The molecule has 3 aromatic rings. The highest BCUT2D eigenvalue weighted by Crippen LogP contribution is 2.32. The lowest BCUT2D eigenvalue weighted by Gasteiger charge is -2.10. The van der Waals surface area contributed by atoms with Gasteiger partial charge < -0.3 is 19.4 Å². The fourth-order valence-corrected chi connectivity index (χ4v) is 4.40. The van der Waals surface area contributed by atoms with Gasteiger partial charge in [-0.3, -0.25) is 4.79 Å². The van der Waals surface area contributed by atoms with Crippen LogP contribution < -0.4 is 10.1 Å². The van der Waals surface area contributed by atoms with E-state index in [-0.39, 0.29) is 12.5 Å². The third kappa shape index (κ3) is 4.00. The Morgan fingerprint density at radius 3 is 2.52 bits per heavy atom. The largest absolute Gasteiger partial charge is 0.494 e. The molecule has 0 fully saturated rings. The molecule has 1 N–H and O–H groups in total. The molecule has 0 aliphatic heterocycles. The van der Waals surface area contributed by atoms with E-state index in [0.717, 1.165) is 27.1 Å². The topological polar surface area (TPSA) is 69.6 Å². The molecule has 0 radical (unpaired) electrons. The van der Waals surface area contributed by atoms with Gasteiger partial charge in [0, 0.05) is 22.3 Å². The molecule has 0 aliphatic carbocycles. The fourth-order valence-electron chi connectivity index (χ4n) is 3.51. The quantitative estimate of drug-likeness (QED) is 0.542. The molecule has 29 heavy (non-hydrogen) atoms. The summed E-state index contributed by atoms with van der Waals surface area (Å²) >= 11 is 1.36. The zero-order valence-electron chi connectivity index (χ0n) is 17.4. The van der Waals surface area contributed by atoms with Crippen molar-refractivity contribution in [3.05, 3.63) is 46.0 Å². The van der Waals surface area contributed by atoms with Crippen LogP contribution in [0.25, 0.3) is 10.9 Å². The summed E-state index contributed by atoms with van der Waals surface area (Å²) in [6, 6.07) is 7.61. The Kier molecular flexibility index (Phi) is 6.27. The van der Waals surface area contributed by atoms with Gasteiger partial charge in [-0.15, -0.1) is 11.3 Å². The van der Waals surface area contributed by atoms with Crippen LogP contribution in [0.2, 0.25) is 0 Å². The lowest BCUT2D eigenvalue weighted by Crippen LogP contribution is -2.19. The van der Waals surface area contributed by atoms with Crippen LogP contribution in [0.4, 0.5) is 5.00 Å². The van der Waals surface area contributed by atoms with Gasteiger partial charge in [0.2, 0.25) is 0 Å². The van der Waals surface area contributed by atoms with Crippen molar-refractivity contribution in [1.29, 1.82) is 0 Å². The second-order valence-corrected chi connectivity index (χ2v) is 7.86. The average Bonchev–Trinajstić information content (AvgIpc) is 3.19. The first-order valence-corrected chi connectivity index (χ1v) is 10.6. The number of nitrogens with zero attached hydrogens (tertiary/aromatic N) is 1. The molecule has 0 saturated carbocycles. The Labute approximate surface area is 174 Å². The normalized spacial score (nSPS) is 10.9. The van der Waals surface area contributed by atoms with E-state index in [1.807, 2.05) is 50.5 Å². The van der Waals surface area contributed by atoms with Crippen molar-refractivity contribution in [2.45, 2.75) is 41.2 Å². The number of aromatic nitrogens is 1. The first kappa shape index (κ1) is 20.9. The average molecular weight is 415 g/mol. The van der Waals surface area contributed by atoms with Gasteiger partial charge in [0.25, 0.3) is 5.91 Å². The number of anilines is 1. The Balaban J connectivity index is 2.02. The minimum Gasteiger partial charge on any atom is -0.494 e. The number of hydrogen-bond acceptors (Lipinski definition) is 5. The Morgan fingerprint density at radius 2 is 1.86 bits per heavy atom. The van der Waals surface area contributed by atoms with Gasteiger partial charge in [0.05, 0.1) is 18.8 Å². The lowest BCUT2D eigenvalue weighted by molar-refractivity contribution is 0.0528. The summed E-state index contributed by atoms with van der Waals surface area (Å²) in [6.07, 6.45) is 0. The number of carbonyl (C=O) groups is 2. The van der Waals surface area contributed by atoms with Crippen molar-refractivity contribution in [3.63, 3.8) is 0 Å². The molecule has 0 spiro atoms. The first-order chi connectivity index (χ1) is 13.9. The van der Waals surface area contributed by atoms with Crippen LogP contribution in [-0.2, 0) is 11.3 Å². The summed E-state index contributed by atoms with van der Waals surface area (Å²) in [4.78, 5) is 26.4. The van der Waals surface area contributed by atoms with Gasteiger partial charge in [-0.05, 0) is 64.4 Å². The number of ether oxygens (including phenoxy) is 2. The molecule has 2 heterocycles. The smallest absolute Gasteiger partial charge is 0.341 e. The second-order valence-electron chi connectivity index (χ2n) is 6.60. The lowest BCUT2D eigenvalue weighted by atomic mass is 10.1. The molecule has 1 amide bonds. The standard InChI is InChI=1S/C22H26N2O4S/c1-6-24-18-10-9-15(27-7-2)12-16(18)14(5)19(24)20(25)23-21-17(11-13(4)29-21)22(26)28-8-3/h9-12H,6-8H2,1-5H3,(H,23,25). The number of nitrogens with one attached hydrogen (secondary N) is 1. The molecule has 0 bridgehead atoms. The highest BCUT2D eigenvalue weighted by atomic mass is 32.1. The number of benzene rings is 1. The first-order valence-electron chi connectivity index (χ1n) is 9.75. The van der Waals surface area contributed by atoms with E-state index in [4.69, 9.17) is 9.47 Å². The molecule has 0 aliphatic rings. The maximum absolute atomic E-state index is 13.2. The molecule has 0 saturated heterocycles. The van der Waals surface area contributed by atoms with Crippen molar-refractivity contribution in [3.8, 4) is 5.75 Å². The number of hydrogen-bond donors (Lipinski definition) is 1. The van der Waals surface area contributed by atoms with E-state index in [1.165, 1.54) is 11.3 Å². The maximum atomic E-state index is 13.2. The van der Waals surface area contributed by atoms with E-state index in [0.29, 0.717) is 29.4 Å². The number of fused-ring (bicyclic) bond motifs is 1. The van der Waals surface area contributed by atoms with Crippen LogP contribution >= 0.6 is 11.3 Å². The molecule has 1 aromatic carbocycles. The van der Waals surface area contributed by atoms with Crippen LogP contribution in [0.3, 0.4) is 0 Å². The fraction of sp³-hybridized carbons (Fsp3) is 0.364. The maximum Gasteiger partial charge on any atom is 0.341 e. The van der Waals surface area contributed by atoms with Crippen LogP contribution in [-0.4, -0.2) is 29.7 Å². The van der Waals surface area contributed by atoms with E-state index >= 15 is 0 Å². The van der Waals surface area contributed by atoms with Crippen molar-refractivity contribution in [2.75, 3.05) is 18.5 Å². The number of thiophene rings is 1. The zero-order chi connectivity index (χ0) is 21.1. The molecule has 0 unspecified atom stereocenters. The van der Waals surface area contributed by atoms with Crippen LogP contribution in [0, 0.1) is 13.8 Å². The number of carbonyl (C=O) groups excluding carboxylic acids is 2. The van der Waals surface area contributed by atoms with Gasteiger partial charge in [0.15, 0.2) is 0 Å². The van der Waals surface area contributed by atoms with Crippen molar-refractivity contribution >= 4 is 39.1 Å². The number of amides is 1. The zero-order valence-corrected chi connectivity index (χ0v) is 18.2.